The van der Waals surface area contributed by atoms with Crippen LogP contribution in [0, 0.1) is 17.6 Å². The lowest BCUT2D eigenvalue weighted by Gasteiger charge is -2.34. The molecule has 0 unspecified atom stereocenters. The lowest BCUT2D eigenvalue weighted by atomic mass is 9.81. The van der Waals surface area contributed by atoms with E-state index in [0.717, 1.165) is 12.3 Å². The maximum atomic E-state index is 14.7. The first kappa shape index (κ1) is 17.9. The topological polar surface area (TPSA) is 89.6 Å². The zero-order chi connectivity index (χ0) is 19.0. The fourth-order valence-electron chi connectivity index (χ4n) is 3.33. The summed E-state index contributed by atoms with van der Waals surface area (Å²) in [7, 11) is 0. The predicted octanol–water partition coefficient (Wildman–Crippen LogP) is 2.52. The molecule has 2 aliphatic heterocycles. The molecule has 0 bridgehead atoms. The molecule has 1 aromatic heterocycles. The number of amides is 1. The molecule has 6 nitrogen and oxygen atoms in total. The summed E-state index contributed by atoms with van der Waals surface area (Å²) in [5.74, 6) is -0.815. The number of rotatable bonds is 3. The molecule has 0 radical (unpaired) electrons. The van der Waals surface area contributed by atoms with Crippen molar-refractivity contribution in [2.45, 2.75) is 5.54 Å². The number of pyridine rings is 1. The van der Waals surface area contributed by atoms with Gasteiger partial charge in [-0.1, -0.05) is 11.8 Å². The van der Waals surface area contributed by atoms with Gasteiger partial charge in [0.25, 0.3) is 5.91 Å². The molecule has 1 aromatic carbocycles. The van der Waals surface area contributed by atoms with Gasteiger partial charge in [0.05, 0.1) is 19.4 Å². The van der Waals surface area contributed by atoms with Crippen molar-refractivity contribution >= 4 is 28.5 Å². The van der Waals surface area contributed by atoms with Gasteiger partial charge in [-0.3, -0.25) is 4.79 Å². The van der Waals surface area contributed by atoms with Crippen LogP contribution < -0.4 is 11.1 Å². The smallest absolute Gasteiger partial charge is 0.274 e. The van der Waals surface area contributed by atoms with Gasteiger partial charge in [0, 0.05) is 22.9 Å². The van der Waals surface area contributed by atoms with E-state index in [4.69, 9.17) is 10.5 Å². The summed E-state index contributed by atoms with van der Waals surface area (Å²) in [6, 6.07) is 6.70. The Hall–Kier alpha value is -2.52. The molecule has 3 heterocycles. The Morgan fingerprint density at radius 1 is 1.33 bits per heavy atom. The number of amidine groups is 1. The summed E-state index contributed by atoms with van der Waals surface area (Å²) < 4.78 is 33.2. The fourth-order valence-corrected chi connectivity index (χ4v) is 4.31. The number of benzene rings is 1. The van der Waals surface area contributed by atoms with Crippen LogP contribution in [-0.2, 0) is 10.3 Å². The zero-order valence-corrected chi connectivity index (χ0v) is 14.9. The van der Waals surface area contributed by atoms with Crippen molar-refractivity contribution < 1.29 is 18.3 Å². The summed E-state index contributed by atoms with van der Waals surface area (Å²) in [5, 5.41) is 3.05. The Kier molecular flexibility index (Phi) is 4.56. The second-order valence-corrected chi connectivity index (χ2v) is 7.45. The first-order valence-electron chi connectivity index (χ1n) is 8.27. The molecule has 27 heavy (non-hydrogen) atoms. The van der Waals surface area contributed by atoms with Crippen LogP contribution in [-0.4, -0.2) is 35.0 Å². The fraction of sp³-hybridized carbons (Fsp3) is 0.278. The van der Waals surface area contributed by atoms with E-state index in [0.29, 0.717) is 28.8 Å². The monoisotopic (exact) mass is 390 g/mol. The summed E-state index contributed by atoms with van der Waals surface area (Å²) in [6.07, 6.45) is 0.960. The van der Waals surface area contributed by atoms with Crippen LogP contribution in [0.2, 0.25) is 0 Å². The molecule has 2 aromatic rings. The first-order valence-corrected chi connectivity index (χ1v) is 9.25. The number of halogens is 2. The Morgan fingerprint density at radius 2 is 2.19 bits per heavy atom. The lowest BCUT2D eigenvalue weighted by molar-refractivity contribution is 0.102. The van der Waals surface area contributed by atoms with E-state index in [1.165, 1.54) is 30.0 Å². The standard InChI is InChI=1S/C18H16F2N4O2S/c19-11-1-4-15(22-6-11)16(25)23-12-2-3-14(20)13(5-12)18-9-26-7-10(18)8-27-17(21)24-18/h1-6,10H,7-9H2,(H2,21,24)(H,23,25)/t10-,18+/m0/s1. The zero-order valence-electron chi connectivity index (χ0n) is 14.1. The average Bonchev–Trinajstić information content (AvgIpc) is 3.07. The van der Waals surface area contributed by atoms with Crippen LogP contribution in [0.25, 0.3) is 0 Å². The van der Waals surface area contributed by atoms with Crippen molar-refractivity contribution in [3.63, 3.8) is 0 Å². The molecule has 0 spiro atoms. The van der Waals surface area contributed by atoms with E-state index in [1.54, 1.807) is 6.07 Å². The van der Waals surface area contributed by atoms with Crippen molar-refractivity contribution in [1.82, 2.24) is 4.98 Å². The predicted molar refractivity (Wildman–Crippen MR) is 98.6 cm³/mol. The highest BCUT2D eigenvalue weighted by Crippen LogP contribution is 2.45. The Morgan fingerprint density at radius 3 is 2.96 bits per heavy atom. The van der Waals surface area contributed by atoms with Gasteiger partial charge in [0.15, 0.2) is 5.17 Å². The third-order valence-corrected chi connectivity index (χ3v) is 5.67. The van der Waals surface area contributed by atoms with E-state index in [-0.39, 0.29) is 18.2 Å². The summed E-state index contributed by atoms with van der Waals surface area (Å²) in [6.45, 7) is 0.700. The number of nitrogens with one attached hydrogen (secondary N) is 1. The van der Waals surface area contributed by atoms with Gasteiger partial charge in [0.1, 0.15) is 22.9 Å². The SMILES string of the molecule is NC1=N[C@]2(c3cc(NC(=O)c4ccc(F)cn4)ccc3F)COC[C@H]2CS1. The van der Waals surface area contributed by atoms with Crippen LogP contribution >= 0.6 is 11.8 Å². The quantitative estimate of drug-likeness (QED) is 0.841. The van der Waals surface area contributed by atoms with Gasteiger partial charge in [-0.25, -0.2) is 18.8 Å². The molecular formula is C18H16F2N4O2S. The van der Waals surface area contributed by atoms with Gasteiger partial charge < -0.3 is 15.8 Å². The van der Waals surface area contributed by atoms with Crippen LogP contribution in [0.15, 0.2) is 41.5 Å². The van der Waals surface area contributed by atoms with Crippen LogP contribution in [0.1, 0.15) is 16.1 Å². The van der Waals surface area contributed by atoms with Crippen molar-refractivity contribution in [3.8, 4) is 0 Å². The number of nitrogens with two attached hydrogens (primary N) is 1. The van der Waals surface area contributed by atoms with Crippen molar-refractivity contribution in [2.24, 2.45) is 16.6 Å². The summed E-state index contributed by atoms with van der Waals surface area (Å²) in [4.78, 5) is 20.6. The van der Waals surface area contributed by atoms with E-state index in [1.807, 2.05) is 0 Å². The molecule has 1 fully saturated rings. The van der Waals surface area contributed by atoms with E-state index >= 15 is 0 Å². The molecule has 3 N–H and O–H groups in total. The number of carbonyl (C=O) groups is 1. The highest BCUT2D eigenvalue weighted by Gasteiger charge is 2.49. The molecule has 1 amide bonds. The molecule has 0 aliphatic carbocycles. The molecule has 0 saturated carbocycles. The first-order chi connectivity index (χ1) is 13.0. The minimum atomic E-state index is -0.895. The number of aromatic nitrogens is 1. The normalized spacial score (nSPS) is 24.2. The Balaban J connectivity index is 1.67. The van der Waals surface area contributed by atoms with Crippen molar-refractivity contribution in [1.29, 1.82) is 0 Å². The van der Waals surface area contributed by atoms with Gasteiger partial charge in [-0.2, -0.15) is 0 Å². The second-order valence-electron chi connectivity index (χ2n) is 6.41. The van der Waals surface area contributed by atoms with Crippen LogP contribution in [0.3, 0.4) is 0 Å². The summed E-state index contributed by atoms with van der Waals surface area (Å²) in [5.41, 5.74) is 5.77. The third kappa shape index (κ3) is 3.28. The van der Waals surface area contributed by atoms with Gasteiger partial charge in [0.2, 0.25) is 0 Å². The van der Waals surface area contributed by atoms with E-state index < -0.39 is 23.1 Å². The van der Waals surface area contributed by atoms with Gasteiger partial charge >= 0.3 is 0 Å². The van der Waals surface area contributed by atoms with E-state index in [9.17, 15) is 13.6 Å². The molecule has 1 saturated heterocycles. The number of nitrogens with zero attached hydrogens (tertiary/aromatic N) is 2. The van der Waals surface area contributed by atoms with Crippen LogP contribution in [0.5, 0.6) is 0 Å². The van der Waals surface area contributed by atoms with Crippen molar-refractivity contribution in [2.75, 3.05) is 24.3 Å². The maximum absolute atomic E-state index is 14.7. The largest absolute Gasteiger partial charge is 0.379 e. The number of hydrogen-bond acceptors (Lipinski definition) is 6. The maximum Gasteiger partial charge on any atom is 0.274 e. The third-order valence-electron chi connectivity index (χ3n) is 4.71. The number of hydrogen-bond donors (Lipinski definition) is 2. The highest BCUT2D eigenvalue weighted by molar-refractivity contribution is 8.13. The highest BCUT2D eigenvalue weighted by atomic mass is 32.2. The number of fused-ring (bicyclic) bond motifs is 1. The Labute approximate surface area is 158 Å². The second kappa shape index (κ2) is 6.90. The lowest BCUT2D eigenvalue weighted by Crippen LogP contribution is -2.40. The molecule has 140 valence electrons. The summed E-state index contributed by atoms with van der Waals surface area (Å²) >= 11 is 1.42. The number of aliphatic imine (C=N–C) groups is 1. The minimum Gasteiger partial charge on any atom is -0.379 e. The minimum absolute atomic E-state index is 0.00554. The Bertz CT molecular complexity index is 922. The molecule has 4 rings (SSSR count). The molecular weight excluding hydrogens is 374 g/mol. The van der Waals surface area contributed by atoms with Crippen LogP contribution in [0.4, 0.5) is 14.5 Å². The number of thioether (sulfide) groups is 1. The number of ether oxygens (including phenoxy) is 1. The molecule has 9 heteroatoms. The number of carbonyl (C=O) groups excluding carboxylic acids is 1. The molecule has 2 atom stereocenters. The average molecular weight is 390 g/mol. The van der Waals surface area contributed by atoms with Gasteiger partial charge in [-0.05, 0) is 30.3 Å². The number of anilines is 1. The van der Waals surface area contributed by atoms with Crippen molar-refractivity contribution in [3.05, 3.63) is 59.4 Å². The van der Waals surface area contributed by atoms with E-state index in [2.05, 4.69) is 15.3 Å². The molecule has 2 aliphatic rings. The van der Waals surface area contributed by atoms with Gasteiger partial charge in [-0.15, -0.1) is 0 Å².